The van der Waals surface area contributed by atoms with Gasteiger partial charge in [0, 0.05) is 0 Å². The van der Waals surface area contributed by atoms with E-state index in [0.29, 0.717) is 11.0 Å². The van der Waals surface area contributed by atoms with Gasteiger partial charge in [0.25, 0.3) is 0 Å². The number of carbonyl (C=O) groups excluding carboxylic acids is 1. The van der Waals surface area contributed by atoms with Gasteiger partial charge >= 0.3 is 6.61 Å². The van der Waals surface area contributed by atoms with Crippen LogP contribution in [0, 0.1) is 6.92 Å². The number of aryl methyl sites for hydroxylation is 1. The second kappa shape index (κ2) is 7.07. The van der Waals surface area contributed by atoms with Gasteiger partial charge in [-0.3, -0.25) is 4.79 Å². The van der Waals surface area contributed by atoms with Crippen molar-refractivity contribution in [3.63, 3.8) is 0 Å². The molecule has 0 radical (unpaired) electrons. The highest BCUT2D eigenvalue weighted by molar-refractivity contribution is 7.99. The Morgan fingerprint density at radius 2 is 2.18 bits per heavy atom. The number of ether oxygens (including phenoxy) is 1. The molecule has 0 spiro atoms. The smallest absolute Gasteiger partial charge is 0.387 e. The van der Waals surface area contributed by atoms with E-state index < -0.39 is 12.5 Å². The van der Waals surface area contributed by atoms with Crippen LogP contribution in [0.2, 0.25) is 0 Å². The average Bonchev–Trinajstić information content (AvgIpc) is 2.78. The fourth-order valence-electron chi connectivity index (χ4n) is 1.53. The van der Waals surface area contributed by atoms with Gasteiger partial charge in [-0.2, -0.15) is 8.78 Å². The number of halogens is 2. The SMILES string of the molecule is Cc1nnc(SCC(=O)Nc2ccccc2OC(F)F)n1N. The van der Waals surface area contributed by atoms with E-state index in [2.05, 4.69) is 20.3 Å². The highest BCUT2D eigenvalue weighted by Crippen LogP contribution is 2.26. The standard InChI is InChI=1S/C12H13F2N5O2S/c1-7-17-18-12(19(7)15)22-6-10(20)16-8-4-2-3-5-9(8)21-11(13)14/h2-5,11H,6,15H2,1H3,(H,16,20). The van der Waals surface area contributed by atoms with Crippen LogP contribution >= 0.6 is 11.8 Å². The fraction of sp³-hybridized carbons (Fsp3) is 0.250. The third-order valence-corrected chi connectivity index (χ3v) is 3.49. The zero-order valence-electron chi connectivity index (χ0n) is 11.5. The van der Waals surface area contributed by atoms with Crippen LogP contribution in [0.1, 0.15) is 5.82 Å². The molecule has 1 aromatic carbocycles. The first-order valence-electron chi connectivity index (χ1n) is 6.11. The lowest BCUT2D eigenvalue weighted by Crippen LogP contribution is -2.17. The number of nitrogens with one attached hydrogen (secondary N) is 1. The number of hydrogen-bond donors (Lipinski definition) is 2. The van der Waals surface area contributed by atoms with Crippen molar-refractivity contribution < 1.29 is 18.3 Å². The summed E-state index contributed by atoms with van der Waals surface area (Å²) < 4.78 is 30.2. The third-order valence-electron chi connectivity index (χ3n) is 2.54. The molecule has 118 valence electrons. The molecule has 2 rings (SSSR count). The summed E-state index contributed by atoms with van der Waals surface area (Å²) in [4.78, 5) is 11.9. The van der Waals surface area contributed by atoms with Crippen molar-refractivity contribution in [1.82, 2.24) is 14.9 Å². The van der Waals surface area contributed by atoms with Crippen LogP contribution in [0.4, 0.5) is 14.5 Å². The predicted octanol–water partition coefficient (Wildman–Crippen LogP) is 1.63. The van der Waals surface area contributed by atoms with Gasteiger partial charge < -0.3 is 15.9 Å². The maximum Gasteiger partial charge on any atom is 0.387 e. The predicted molar refractivity (Wildman–Crippen MR) is 77.3 cm³/mol. The van der Waals surface area contributed by atoms with E-state index in [1.54, 1.807) is 13.0 Å². The molecule has 10 heteroatoms. The Morgan fingerprint density at radius 1 is 1.45 bits per heavy atom. The molecule has 0 aliphatic carbocycles. The fourth-order valence-corrected chi connectivity index (χ4v) is 2.24. The first-order valence-corrected chi connectivity index (χ1v) is 7.09. The lowest BCUT2D eigenvalue weighted by molar-refractivity contribution is -0.113. The summed E-state index contributed by atoms with van der Waals surface area (Å²) in [6, 6.07) is 5.94. The molecule has 0 aliphatic heterocycles. The van der Waals surface area contributed by atoms with E-state index in [1.807, 2.05) is 0 Å². The van der Waals surface area contributed by atoms with Crippen molar-refractivity contribution in [2.75, 3.05) is 16.9 Å². The molecule has 3 N–H and O–H groups in total. The van der Waals surface area contributed by atoms with Crippen LogP contribution in [0.5, 0.6) is 5.75 Å². The Hall–Kier alpha value is -2.36. The third kappa shape index (κ3) is 4.07. The number of nitrogens with two attached hydrogens (primary N) is 1. The number of benzene rings is 1. The van der Waals surface area contributed by atoms with Crippen molar-refractivity contribution in [1.29, 1.82) is 0 Å². The Morgan fingerprint density at radius 3 is 2.82 bits per heavy atom. The molecule has 1 heterocycles. The van der Waals surface area contributed by atoms with Gasteiger partial charge in [0.15, 0.2) is 0 Å². The van der Waals surface area contributed by atoms with E-state index in [0.717, 1.165) is 11.8 Å². The summed E-state index contributed by atoms with van der Waals surface area (Å²) >= 11 is 1.08. The number of amides is 1. The number of anilines is 1. The molecule has 1 aromatic heterocycles. The molecule has 7 nitrogen and oxygen atoms in total. The minimum atomic E-state index is -2.97. The Balaban J connectivity index is 1.96. The number of carbonyl (C=O) groups is 1. The zero-order chi connectivity index (χ0) is 16.1. The van der Waals surface area contributed by atoms with Gasteiger partial charge in [-0.15, -0.1) is 10.2 Å². The number of aromatic nitrogens is 3. The second-order valence-electron chi connectivity index (χ2n) is 4.11. The lowest BCUT2D eigenvalue weighted by atomic mass is 10.3. The molecule has 0 unspecified atom stereocenters. The molecule has 22 heavy (non-hydrogen) atoms. The van der Waals surface area contributed by atoms with Gasteiger partial charge in [-0.25, -0.2) is 4.68 Å². The molecule has 0 saturated heterocycles. The summed E-state index contributed by atoms with van der Waals surface area (Å²) in [5.41, 5.74) is 0.166. The van der Waals surface area contributed by atoms with Crippen LogP contribution in [0.3, 0.4) is 0 Å². The number of nitrogens with zero attached hydrogens (tertiary/aromatic N) is 3. The number of nitrogen functional groups attached to an aromatic ring is 1. The van der Waals surface area contributed by atoms with Crippen molar-refractivity contribution in [2.24, 2.45) is 0 Å². The summed E-state index contributed by atoms with van der Waals surface area (Å²) in [7, 11) is 0. The van der Waals surface area contributed by atoms with Crippen LogP contribution in [-0.2, 0) is 4.79 Å². The summed E-state index contributed by atoms with van der Waals surface area (Å²) in [6.07, 6.45) is 0. The van der Waals surface area contributed by atoms with Crippen LogP contribution in [0.25, 0.3) is 0 Å². The van der Waals surface area contributed by atoms with E-state index >= 15 is 0 Å². The van der Waals surface area contributed by atoms with E-state index in [4.69, 9.17) is 5.84 Å². The number of rotatable bonds is 6. The number of alkyl halides is 2. The van der Waals surface area contributed by atoms with Crippen LogP contribution in [-0.4, -0.2) is 33.1 Å². The van der Waals surface area contributed by atoms with Gasteiger partial charge in [0.1, 0.15) is 11.6 Å². The monoisotopic (exact) mass is 329 g/mol. The van der Waals surface area contributed by atoms with E-state index in [1.165, 1.54) is 22.9 Å². The molecule has 0 aliphatic rings. The molecule has 2 aromatic rings. The molecule has 0 fully saturated rings. The second-order valence-corrected chi connectivity index (χ2v) is 5.05. The minimum Gasteiger partial charge on any atom is -0.433 e. The highest BCUT2D eigenvalue weighted by atomic mass is 32.2. The molecule has 0 atom stereocenters. The van der Waals surface area contributed by atoms with Gasteiger partial charge in [0.05, 0.1) is 11.4 Å². The number of thioether (sulfide) groups is 1. The minimum absolute atomic E-state index is 0.00164. The van der Waals surface area contributed by atoms with Gasteiger partial charge in [0.2, 0.25) is 11.1 Å². The topological polar surface area (TPSA) is 95.1 Å². The zero-order valence-corrected chi connectivity index (χ0v) is 12.3. The van der Waals surface area contributed by atoms with Crippen LogP contribution in [0.15, 0.2) is 29.4 Å². The molecular weight excluding hydrogens is 316 g/mol. The van der Waals surface area contributed by atoms with E-state index in [9.17, 15) is 13.6 Å². The maximum atomic E-state index is 12.3. The van der Waals surface area contributed by atoms with Crippen molar-refractivity contribution in [3.8, 4) is 5.75 Å². The Kier molecular flexibility index (Phi) is 5.15. The van der Waals surface area contributed by atoms with Crippen molar-refractivity contribution in [2.45, 2.75) is 18.7 Å². The first-order chi connectivity index (χ1) is 10.5. The summed E-state index contributed by atoms with van der Waals surface area (Å²) in [5, 5.41) is 10.4. The number of para-hydroxylation sites is 2. The molecular formula is C12H13F2N5O2S. The Labute approximate surface area is 128 Å². The average molecular weight is 329 g/mol. The van der Waals surface area contributed by atoms with Gasteiger partial charge in [-0.1, -0.05) is 23.9 Å². The van der Waals surface area contributed by atoms with Gasteiger partial charge in [-0.05, 0) is 19.1 Å². The summed E-state index contributed by atoms with van der Waals surface area (Å²) in [5.74, 6) is 5.66. The highest BCUT2D eigenvalue weighted by Gasteiger charge is 2.13. The van der Waals surface area contributed by atoms with E-state index in [-0.39, 0.29) is 17.2 Å². The first kappa shape index (κ1) is 16.0. The normalized spacial score (nSPS) is 10.7. The molecule has 0 bridgehead atoms. The lowest BCUT2D eigenvalue weighted by Gasteiger charge is -2.11. The van der Waals surface area contributed by atoms with Crippen LogP contribution < -0.4 is 15.9 Å². The molecule has 1 amide bonds. The summed E-state index contributed by atoms with van der Waals surface area (Å²) in [6.45, 7) is -1.29. The Bertz CT molecular complexity index is 665. The maximum absolute atomic E-state index is 12.3. The largest absolute Gasteiger partial charge is 0.433 e. The van der Waals surface area contributed by atoms with Crippen molar-refractivity contribution in [3.05, 3.63) is 30.1 Å². The molecule has 0 saturated carbocycles. The number of hydrogen-bond acceptors (Lipinski definition) is 6. The quantitative estimate of drug-likeness (QED) is 0.618. The van der Waals surface area contributed by atoms with Crippen molar-refractivity contribution >= 4 is 23.4 Å².